The first-order chi connectivity index (χ1) is 24.5. The van der Waals surface area contributed by atoms with Gasteiger partial charge in [0.25, 0.3) is 10.0 Å². The number of aromatic amines is 1. The third-order valence-corrected chi connectivity index (χ3v) is 11.1. The summed E-state index contributed by atoms with van der Waals surface area (Å²) in [7, 11) is -4.31. The monoisotopic (exact) mass is 708 g/mol. The van der Waals surface area contributed by atoms with Gasteiger partial charge in [-0.1, -0.05) is 30.7 Å². The van der Waals surface area contributed by atoms with Crippen molar-refractivity contribution in [1.82, 2.24) is 33.5 Å². The molecule has 1 aliphatic rings. The van der Waals surface area contributed by atoms with Crippen LogP contribution < -0.4 is 5.73 Å². The number of likely N-dealkylation sites (N-methyl/N-ethyl adjacent to an activating group) is 1. The van der Waals surface area contributed by atoms with E-state index in [1.807, 2.05) is 26.8 Å². The number of H-pyrrole nitrogens is 1. The van der Waals surface area contributed by atoms with Crippen LogP contribution in [0.2, 0.25) is 0 Å². The summed E-state index contributed by atoms with van der Waals surface area (Å²) in [6, 6.07) is 13.3. The molecular weight excluding hydrogens is 665 g/mol. The third-order valence-electron chi connectivity index (χ3n) is 9.34. The summed E-state index contributed by atoms with van der Waals surface area (Å²) in [4.78, 5) is 39.5. The quantitative estimate of drug-likeness (QED) is 0.119. The number of aromatic nitrogens is 5. The smallest absolute Gasteiger partial charge is 0.268 e. The van der Waals surface area contributed by atoms with Crippen molar-refractivity contribution in [2.45, 2.75) is 51.3 Å². The molecule has 2 aromatic carbocycles. The molecule has 51 heavy (non-hydrogen) atoms. The fourth-order valence-electron chi connectivity index (χ4n) is 6.58. The van der Waals surface area contributed by atoms with Gasteiger partial charge in [-0.25, -0.2) is 22.1 Å². The molecular formula is C38H44N8O4S. The topological polar surface area (TPSA) is 152 Å². The van der Waals surface area contributed by atoms with Crippen LogP contribution >= 0.6 is 0 Å². The predicted molar refractivity (Wildman–Crippen MR) is 200 cm³/mol. The lowest BCUT2D eigenvalue weighted by Crippen LogP contribution is -2.35. The number of amides is 1. The van der Waals surface area contributed by atoms with Gasteiger partial charge in [-0.15, -0.1) is 0 Å². The van der Waals surface area contributed by atoms with E-state index in [1.54, 1.807) is 35.2 Å². The molecule has 0 bridgehead atoms. The molecule has 266 valence electrons. The molecule has 0 spiro atoms. The predicted octanol–water partition coefficient (Wildman–Crippen LogP) is 5.60. The number of likely N-dealkylation sites (tertiary alicyclic amines) is 1. The maximum Gasteiger partial charge on any atom is 0.268 e. The Morgan fingerprint density at radius 2 is 1.80 bits per heavy atom. The summed E-state index contributed by atoms with van der Waals surface area (Å²) in [5, 5.41) is 4.38. The van der Waals surface area contributed by atoms with E-state index < -0.39 is 15.8 Å². The number of hydrogen-bond donors (Lipinski definition) is 2. The maximum atomic E-state index is 14.3. The molecule has 4 heterocycles. The zero-order chi connectivity index (χ0) is 36.3. The highest BCUT2D eigenvalue weighted by atomic mass is 32.2. The molecule has 0 saturated carbocycles. The Morgan fingerprint density at radius 1 is 1.06 bits per heavy atom. The molecule has 1 saturated heterocycles. The highest BCUT2D eigenvalue weighted by molar-refractivity contribution is 7.90. The fraction of sp³-hybridized carbons (Fsp3) is 0.316. The van der Waals surface area contributed by atoms with Crippen molar-refractivity contribution in [1.29, 1.82) is 0 Å². The first-order valence-corrected chi connectivity index (χ1v) is 18.7. The summed E-state index contributed by atoms with van der Waals surface area (Å²) in [6.07, 6.45) is 10.2. The average Bonchev–Trinajstić information content (AvgIpc) is 3.82. The van der Waals surface area contributed by atoms with E-state index in [0.717, 1.165) is 46.9 Å². The van der Waals surface area contributed by atoms with E-state index in [9.17, 15) is 18.0 Å². The first-order valence-electron chi connectivity index (χ1n) is 17.3. The van der Waals surface area contributed by atoms with Gasteiger partial charge in [-0.2, -0.15) is 5.10 Å². The van der Waals surface area contributed by atoms with Crippen molar-refractivity contribution < 1.29 is 18.0 Å². The Morgan fingerprint density at radius 3 is 2.51 bits per heavy atom. The number of benzene rings is 2. The molecule has 1 aliphatic heterocycles. The van der Waals surface area contributed by atoms with Crippen LogP contribution in [0.3, 0.4) is 0 Å². The van der Waals surface area contributed by atoms with Crippen LogP contribution in [-0.4, -0.2) is 86.4 Å². The highest BCUT2D eigenvalue weighted by Crippen LogP contribution is 2.30. The Balaban J connectivity index is 1.35. The van der Waals surface area contributed by atoms with Crippen molar-refractivity contribution in [3.63, 3.8) is 0 Å². The molecule has 0 unspecified atom stereocenters. The van der Waals surface area contributed by atoms with Gasteiger partial charge in [0.1, 0.15) is 17.3 Å². The Hall–Kier alpha value is -5.27. The minimum Gasteiger partial charge on any atom is -0.383 e. The minimum absolute atomic E-state index is 0.00964. The molecule has 3 aromatic heterocycles. The second-order valence-corrected chi connectivity index (χ2v) is 14.7. The number of nitrogens with two attached hydrogens (primary N) is 1. The van der Waals surface area contributed by atoms with Gasteiger partial charge >= 0.3 is 0 Å². The molecule has 3 N–H and O–H groups in total. The first kappa shape index (κ1) is 35.6. The van der Waals surface area contributed by atoms with Crippen LogP contribution in [0.1, 0.15) is 71.3 Å². The number of hydrogen-bond acceptors (Lipinski definition) is 8. The van der Waals surface area contributed by atoms with E-state index in [4.69, 9.17) is 5.73 Å². The number of rotatable bonds is 13. The van der Waals surface area contributed by atoms with Crippen molar-refractivity contribution in [3.8, 4) is 5.69 Å². The molecule has 0 radical (unpaired) electrons. The molecule has 12 nitrogen and oxygen atoms in total. The van der Waals surface area contributed by atoms with Crippen LogP contribution in [0.15, 0.2) is 72.3 Å². The van der Waals surface area contributed by atoms with E-state index in [1.165, 1.54) is 60.5 Å². The van der Waals surface area contributed by atoms with Crippen LogP contribution in [-0.2, 0) is 14.8 Å². The van der Waals surface area contributed by atoms with Gasteiger partial charge in [0.15, 0.2) is 0 Å². The number of nitrogens with one attached hydrogen (secondary N) is 1. The number of carbonyl (C=O) groups is 2. The maximum absolute atomic E-state index is 14.3. The number of aryl methyl sites for hydroxylation is 2. The number of piperidine rings is 1. The van der Waals surface area contributed by atoms with Crippen molar-refractivity contribution in [3.05, 3.63) is 101 Å². The zero-order valence-corrected chi connectivity index (χ0v) is 30.1. The van der Waals surface area contributed by atoms with Crippen LogP contribution in [0.4, 0.5) is 5.82 Å². The number of fused-ring (bicyclic) bond motifs is 1. The van der Waals surface area contributed by atoms with Gasteiger partial charge in [-0.3, -0.25) is 9.59 Å². The number of nitrogen functional groups attached to an aromatic ring is 1. The molecule has 1 fully saturated rings. The summed E-state index contributed by atoms with van der Waals surface area (Å²) in [5.74, 6) is -0.0830. The highest BCUT2D eigenvalue weighted by Gasteiger charge is 2.30. The summed E-state index contributed by atoms with van der Waals surface area (Å²) in [6.45, 7) is 13.8. The summed E-state index contributed by atoms with van der Waals surface area (Å²) < 4.78 is 30.9. The van der Waals surface area contributed by atoms with Gasteiger partial charge in [0.2, 0.25) is 11.7 Å². The standard InChI is InChI=1S/C38H44N8O4S/c1-5-34-28(13-18-36(47)44(6-2)22-10-21-43-19-8-7-9-20-43)23-35(46(34)51(49,50)30-15-11-26(3)12-16-30)37(48)31-25-40-45(38(31)39)29-14-17-32-33(24-29)42-27(4)41-32/h5,11-18,23-25H,1,6-10,19-22,39H2,2-4H3,(H,41,42)/b18-13+. The Labute approximate surface area is 298 Å². The number of imidazole rings is 1. The largest absolute Gasteiger partial charge is 0.383 e. The van der Waals surface area contributed by atoms with Crippen LogP contribution in [0, 0.1) is 13.8 Å². The van der Waals surface area contributed by atoms with Crippen LogP contribution in [0.25, 0.3) is 28.9 Å². The van der Waals surface area contributed by atoms with Crippen molar-refractivity contribution >= 4 is 50.7 Å². The lowest BCUT2D eigenvalue weighted by molar-refractivity contribution is -0.125. The SMILES string of the molecule is C=Cc1c(/C=C/C(=O)N(CC)CCCN2CCCCC2)cc(C(=O)c2cnn(-c3ccc4[nH]c(C)nc4c3)c2N)n1S(=O)(=O)c1ccc(C)cc1. The van der Waals surface area contributed by atoms with Gasteiger partial charge < -0.3 is 20.5 Å². The van der Waals surface area contributed by atoms with E-state index >= 15 is 0 Å². The van der Waals surface area contributed by atoms with Gasteiger partial charge in [-0.05, 0) is 108 Å². The molecule has 5 aromatic rings. The zero-order valence-electron chi connectivity index (χ0n) is 29.3. The molecule has 0 aliphatic carbocycles. The van der Waals surface area contributed by atoms with E-state index in [2.05, 4.69) is 26.5 Å². The Kier molecular flexibility index (Phi) is 10.4. The summed E-state index contributed by atoms with van der Waals surface area (Å²) >= 11 is 0. The molecule has 13 heteroatoms. The molecule has 1 amide bonds. The second-order valence-electron chi connectivity index (χ2n) is 12.9. The van der Waals surface area contributed by atoms with E-state index in [-0.39, 0.29) is 33.6 Å². The van der Waals surface area contributed by atoms with Crippen LogP contribution in [0.5, 0.6) is 0 Å². The summed E-state index contributed by atoms with van der Waals surface area (Å²) in [5.41, 5.74) is 9.86. The van der Waals surface area contributed by atoms with E-state index in [0.29, 0.717) is 29.9 Å². The fourth-order valence-corrected chi connectivity index (χ4v) is 8.11. The lowest BCUT2D eigenvalue weighted by atomic mass is 10.1. The normalized spacial score (nSPS) is 14.0. The van der Waals surface area contributed by atoms with Gasteiger partial charge in [0, 0.05) is 24.7 Å². The number of ketones is 1. The number of anilines is 1. The lowest BCUT2D eigenvalue weighted by Gasteiger charge is -2.27. The number of carbonyl (C=O) groups excluding carboxylic acids is 2. The molecule has 0 atom stereocenters. The number of nitrogens with zero attached hydrogens (tertiary/aromatic N) is 6. The minimum atomic E-state index is -4.31. The third kappa shape index (κ3) is 7.31. The van der Waals surface area contributed by atoms with Gasteiger partial charge in [0.05, 0.1) is 39.1 Å². The second kappa shape index (κ2) is 14.9. The van der Waals surface area contributed by atoms with Crippen molar-refractivity contribution in [2.75, 3.05) is 38.5 Å². The molecule has 6 rings (SSSR count). The average molecular weight is 709 g/mol. The van der Waals surface area contributed by atoms with Crippen molar-refractivity contribution in [2.24, 2.45) is 0 Å². The Bertz CT molecular complexity index is 2220.